The van der Waals surface area contributed by atoms with Gasteiger partial charge in [0.2, 0.25) is 0 Å². The number of nitrogens with zero attached hydrogens (tertiary/aromatic N) is 1. The number of thioether (sulfide) groups is 1. The van der Waals surface area contributed by atoms with Crippen LogP contribution in [-0.2, 0) is 4.79 Å². The maximum absolute atomic E-state index is 10.6. The van der Waals surface area contributed by atoms with Crippen molar-refractivity contribution in [3.05, 3.63) is 0 Å². The third-order valence-electron chi connectivity index (χ3n) is 2.13. The summed E-state index contributed by atoms with van der Waals surface area (Å²) in [7, 11) is 1.86. The second kappa shape index (κ2) is 7.21. The number of carbonyl (C=O) groups is 1. The molecule has 4 heteroatoms. The van der Waals surface area contributed by atoms with Crippen molar-refractivity contribution in [2.75, 3.05) is 25.6 Å². The van der Waals surface area contributed by atoms with Crippen LogP contribution < -0.4 is 0 Å². The Hall–Kier alpha value is -0.220. The zero-order chi connectivity index (χ0) is 10.3. The minimum absolute atomic E-state index is 0.366. The largest absolute Gasteiger partial charge is 0.480 e. The highest BCUT2D eigenvalue weighted by Gasteiger charge is 2.15. The van der Waals surface area contributed by atoms with Crippen molar-refractivity contribution in [1.29, 1.82) is 0 Å². The summed E-state index contributed by atoms with van der Waals surface area (Å²) >= 11 is 1.83. The topological polar surface area (TPSA) is 40.5 Å². The molecule has 0 spiro atoms. The van der Waals surface area contributed by atoms with Crippen LogP contribution in [0, 0.1) is 0 Å². The predicted octanol–water partition coefficient (Wildman–Crippen LogP) is 1.53. The fraction of sp³-hybridized carbons (Fsp3) is 0.889. The minimum atomic E-state index is -0.743. The lowest BCUT2D eigenvalue weighted by Crippen LogP contribution is -2.36. The molecule has 1 unspecified atom stereocenters. The summed E-state index contributed by atoms with van der Waals surface area (Å²) in [6.45, 7) is 2.59. The van der Waals surface area contributed by atoms with Gasteiger partial charge in [0.15, 0.2) is 0 Å². The lowest BCUT2D eigenvalue weighted by molar-refractivity contribution is -0.142. The number of hydrogen-bond donors (Lipinski definition) is 1. The van der Waals surface area contributed by atoms with Crippen LogP contribution in [-0.4, -0.2) is 47.6 Å². The molecule has 13 heavy (non-hydrogen) atoms. The maximum Gasteiger partial charge on any atom is 0.320 e. The van der Waals surface area contributed by atoms with Crippen LogP contribution in [0.1, 0.15) is 19.8 Å². The molecule has 1 N–H and O–H groups in total. The van der Waals surface area contributed by atoms with E-state index in [9.17, 15) is 4.79 Å². The van der Waals surface area contributed by atoms with Gasteiger partial charge in [0, 0.05) is 0 Å². The van der Waals surface area contributed by atoms with Crippen molar-refractivity contribution < 1.29 is 9.90 Å². The number of likely N-dealkylation sites (N-methyl/N-ethyl adjacent to an activating group) is 1. The van der Waals surface area contributed by atoms with Gasteiger partial charge >= 0.3 is 5.97 Å². The molecule has 78 valence electrons. The number of unbranched alkanes of at least 4 members (excludes halogenated alkanes) is 1. The quantitative estimate of drug-likeness (QED) is 0.640. The first kappa shape index (κ1) is 12.8. The van der Waals surface area contributed by atoms with E-state index >= 15 is 0 Å². The molecule has 0 radical (unpaired) electrons. The molecule has 0 aliphatic heterocycles. The average Bonchev–Trinajstić information content (AvgIpc) is 2.10. The SMILES string of the molecule is CSCCCCN(C)C(C)C(=O)O. The fourth-order valence-corrected chi connectivity index (χ4v) is 1.48. The van der Waals surface area contributed by atoms with Gasteiger partial charge in [0.25, 0.3) is 0 Å². The van der Waals surface area contributed by atoms with Gasteiger partial charge < -0.3 is 5.11 Å². The van der Waals surface area contributed by atoms with Gasteiger partial charge in [0.1, 0.15) is 6.04 Å². The molecule has 1 atom stereocenters. The molecule has 0 aromatic rings. The molecule has 0 aliphatic rings. The maximum atomic E-state index is 10.6. The summed E-state index contributed by atoms with van der Waals surface area (Å²) in [6, 6.07) is -0.366. The number of carboxylic acids is 1. The van der Waals surface area contributed by atoms with Crippen LogP contribution in [0.3, 0.4) is 0 Å². The standard InChI is InChI=1S/C9H19NO2S/c1-8(9(11)12)10(2)6-4-5-7-13-3/h8H,4-7H2,1-3H3,(H,11,12). The lowest BCUT2D eigenvalue weighted by atomic mass is 10.2. The lowest BCUT2D eigenvalue weighted by Gasteiger charge is -2.20. The first-order valence-corrected chi connectivity index (χ1v) is 5.91. The van der Waals surface area contributed by atoms with Crippen LogP contribution in [0.4, 0.5) is 0 Å². The number of carboxylic acid groups (broad SMARTS) is 1. The van der Waals surface area contributed by atoms with Crippen LogP contribution in [0.2, 0.25) is 0 Å². The monoisotopic (exact) mass is 205 g/mol. The first-order chi connectivity index (χ1) is 6.09. The van der Waals surface area contributed by atoms with Gasteiger partial charge in [-0.1, -0.05) is 0 Å². The highest BCUT2D eigenvalue weighted by molar-refractivity contribution is 7.98. The van der Waals surface area contributed by atoms with E-state index < -0.39 is 5.97 Å². The van der Waals surface area contributed by atoms with Crippen molar-refractivity contribution in [2.45, 2.75) is 25.8 Å². The van der Waals surface area contributed by atoms with E-state index in [1.165, 1.54) is 0 Å². The van der Waals surface area contributed by atoms with Crippen molar-refractivity contribution in [3.8, 4) is 0 Å². The third kappa shape index (κ3) is 5.93. The molecule has 0 saturated heterocycles. The van der Waals surface area contributed by atoms with Gasteiger partial charge in [-0.25, -0.2) is 0 Å². The van der Waals surface area contributed by atoms with E-state index in [1.54, 1.807) is 6.92 Å². The Morgan fingerprint density at radius 3 is 2.62 bits per heavy atom. The van der Waals surface area contributed by atoms with Crippen molar-refractivity contribution in [1.82, 2.24) is 4.90 Å². The van der Waals surface area contributed by atoms with E-state index in [2.05, 4.69) is 6.26 Å². The Morgan fingerprint density at radius 1 is 1.54 bits per heavy atom. The molecule has 0 aliphatic carbocycles. The Labute approximate surface area is 84.5 Å². The first-order valence-electron chi connectivity index (χ1n) is 4.51. The summed E-state index contributed by atoms with van der Waals surface area (Å²) in [4.78, 5) is 12.5. The Kier molecular flexibility index (Phi) is 7.09. The Balaban J connectivity index is 3.50. The highest BCUT2D eigenvalue weighted by Crippen LogP contribution is 2.02. The highest BCUT2D eigenvalue weighted by atomic mass is 32.2. The molecule has 3 nitrogen and oxygen atoms in total. The summed E-state index contributed by atoms with van der Waals surface area (Å²) in [5, 5.41) is 8.71. The van der Waals surface area contributed by atoms with Gasteiger partial charge in [0.05, 0.1) is 0 Å². The summed E-state index contributed by atoms with van der Waals surface area (Å²) in [5.74, 6) is 0.419. The Bertz CT molecular complexity index is 153. The predicted molar refractivity (Wildman–Crippen MR) is 57.3 cm³/mol. The molecule has 0 aromatic heterocycles. The smallest absolute Gasteiger partial charge is 0.320 e. The van der Waals surface area contributed by atoms with Gasteiger partial charge in [-0.05, 0) is 45.4 Å². The summed E-state index contributed by atoms with van der Waals surface area (Å²) in [6.07, 6.45) is 4.33. The van der Waals surface area contributed by atoms with E-state index in [4.69, 9.17) is 5.11 Å². The molecular formula is C9H19NO2S. The van der Waals surface area contributed by atoms with Gasteiger partial charge in [-0.3, -0.25) is 9.69 Å². The van der Waals surface area contributed by atoms with Gasteiger partial charge in [-0.2, -0.15) is 11.8 Å². The van der Waals surface area contributed by atoms with E-state index in [1.807, 2.05) is 23.7 Å². The second-order valence-corrected chi connectivity index (χ2v) is 4.18. The van der Waals surface area contributed by atoms with Crippen molar-refractivity contribution >= 4 is 17.7 Å². The molecule has 0 saturated carbocycles. The molecule has 0 aromatic carbocycles. The fourth-order valence-electron chi connectivity index (χ4n) is 0.990. The zero-order valence-corrected chi connectivity index (χ0v) is 9.43. The molecule has 0 fully saturated rings. The molecule has 0 amide bonds. The van der Waals surface area contributed by atoms with E-state index in [0.717, 1.165) is 25.1 Å². The molecular weight excluding hydrogens is 186 g/mol. The summed E-state index contributed by atoms with van der Waals surface area (Å²) in [5.41, 5.74) is 0. The van der Waals surface area contributed by atoms with Crippen molar-refractivity contribution in [3.63, 3.8) is 0 Å². The van der Waals surface area contributed by atoms with Crippen LogP contribution in [0.5, 0.6) is 0 Å². The second-order valence-electron chi connectivity index (χ2n) is 3.19. The van der Waals surface area contributed by atoms with Gasteiger partial charge in [-0.15, -0.1) is 0 Å². The van der Waals surface area contributed by atoms with Crippen LogP contribution in [0.25, 0.3) is 0 Å². The minimum Gasteiger partial charge on any atom is -0.480 e. The molecule has 0 bridgehead atoms. The van der Waals surface area contributed by atoms with Crippen molar-refractivity contribution in [2.24, 2.45) is 0 Å². The number of aliphatic carboxylic acids is 1. The number of rotatable bonds is 7. The normalized spacial score (nSPS) is 13.2. The summed E-state index contributed by atoms with van der Waals surface area (Å²) < 4.78 is 0. The molecule has 0 heterocycles. The van der Waals surface area contributed by atoms with Crippen LogP contribution >= 0.6 is 11.8 Å². The zero-order valence-electron chi connectivity index (χ0n) is 8.62. The average molecular weight is 205 g/mol. The van der Waals surface area contributed by atoms with E-state index in [0.29, 0.717) is 0 Å². The number of hydrogen-bond acceptors (Lipinski definition) is 3. The Morgan fingerprint density at radius 2 is 2.15 bits per heavy atom. The molecule has 0 rings (SSSR count). The van der Waals surface area contributed by atoms with E-state index in [-0.39, 0.29) is 6.04 Å². The van der Waals surface area contributed by atoms with Crippen LogP contribution in [0.15, 0.2) is 0 Å². The third-order valence-corrected chi connectivity index (χ3v) is 2.82.